The van der Waals surface area contributed by atoms with E-state index in [0.29, 0.717) is 16.9 Å². The first-order chi connectivity index (χ1) is 17.9. The van der Waals surface area contributed by atoms with Gasteiger partial charge >= 0.3 is 0 Å². The highest BCUT2D eigenvalue weighted by Crippen LogP contribution is 2.53. The molecule has 38 heavy (non-hydrogen) atoms. The lowest BCUT2D eigenvalue weighted by Crippen LogP contribution is -2.65. The number of phenolic OH excluding ortho intramolecular Hbond substituents is 1. The Bertz CT molecular complexity index is 1500. The number of furan rings is 1. The van der Waals surface area contributed by atoms with Crippen molar-refractivity contribution >= 4 is 29.4 Å². The molecule has 3 aliphatic carbocycles. The number of primary amides is 1. The standard InChI is InChI=1S/C26H25N3O9/c1-29(2)20-14-8-10-7-13-12(16-6-3-11(38-16)9-28-37)4-5-15(30)18(13)21(31)17(10)23(33)26(14,36)24(34)19(22(20)32)25(27)35/h3-6,9-10,14,20,30-31,34,36-37H,7-8H2,1-2H3,(H2,27,35)/b28-9+/t10-,14-,20-,26-/m0/s1. The second-order valence-corrected chi connectivity index (χ2v) is 9.89. The van der Waals surface area contributed by atoms with Crippen LogP contribution in [0.1, 0.15) is 23.3 Å². The number of aliphatic hydroxyl groups excluding tert-OH is 2. The Labute approximate surface area is 215 Å². The molecule has 4 atom stereocenters. The predicted molar refractivity (Wildman–Crippen MR) is 131 cm³/mol. The van der Waals surface area contributed by atoms with Crippen LogP contribution in [0.25, 0.3) is 17.1 Å². The highest BCUT2D eigenvalue weighted by molar-refractivity contribution is 6.24. The minimum Gasteiger partial charge on any atom is -0.508 e. The number of Topliss-reactive ketones (excluding diaryl/α,β-unsaturated/α-hetero) is 2. The Morgan fingerprint density at radius 2 is 1.89 bits per heavy atom. The summed E-state index contributed by atoms with van der Waals surface area (Å²) >= 11 is 0. The van der Waals surface area contributed by atoms with Crippen LogP contribution >= 0.6 is 0 Å². The van der Waals surface area contributed by atoms with Gasteiger partial charge in [-0.05, 0) is 62.7 Å². The molecule has 1 aromatic carbocycles. The number of hydrogen-bond donors (Lipinski definition) is 6. The first-order valence-electron chi connectivity index (χ1n) is 11.7. The van der Waals surface area contributed by atoms with Crippen molar-refractivity contribution < 1.29 is 44.4 Å². The van der Waals surface area contributed by atoms with E-state index in [2.05, 4.69) is 5.16 Å². The molecule has 5 rings (SSSR count). The summed E-state index contributed by atoms with van der Waals surface area (Å²) in [7, 11) is 3.07. The van der Waals surface area contributed by atoms with Crippen molar-refractivity contribution in [2.45, 2.75) is 24.5 Å². The average molecular weight is 523 g/mol. The number of aromatic hydroxyl groups is 1. The number of carbonyl (C=O) groups excluding carboxylic acids is 3. The van der Waals surface area contributed by atoms with Gasteiger partial charge in [-0.3, -0.25) is 19.3 Å². The Kier molecular flexibility index (Phi) is 5.69. The molecule has 7 N–H and O–H groups in total. The number of nitrogens with two attached hydrogens (primary N) is 1. The molecular formula is C26H25N3O9. The van der Waals surface area contributed by atoms with E-state index in [4.69, 9.17) is 15.4 Å². The molecule has 0 unspecified atom stereocenters. The highest BCUT2D eigenvalue weighted by atomic mass is 16.4. The Balaban J connectivity index is 1.72. The van der Waals surface area contributed by atoms with E-state index >= 15 is 0 Å². The number of hydrogen-bond acceptors (Lipinski definition) is 11. The second kappa shape index (κ2) is 8.57. The third-order valence-corrected chi connectivity index (χ3v) is 7.68. The number of oxime groups is 1. The maximum absolute atomic E-state index is 13.8. The van der Waals surface area contributed by atoms with Crippen LogP contribution in [0.3, 0.4) is 0 Å². The average Bonchev–Trinajstić information content (AvgIpc) is 3.29. The van der Waals surface area contributed by atoms with Gasteiger partial charge in [-0.1, -0.05) is 5.16 Å². The number of ketones is 2. The van der Waals surface area contributed by atoms with Crippen LogP contribution in [0.2, 0.25) is 0 Å². The van der Waals surface area contributed by atoms with Crippen LogP contribution < -0.4 is 5.73 Å². The van der Waals surface area contributed by atoms with E-state index in [-0.39, 0.29) is 35.5 Å². The molecule has 0 spiro atoms. The van der Waals surface area contributed by atoms with Crippen molar-refractivity contribution in [2.24, 2.45) is 22.7 Å². The molecule has 0 radical (unpaired) electrons. The van der Waals surface area contributed by atoms with Gasteiger partial charge in [0.15, 0.2) is 11.4 Å². The quantitative estimate of drug-likeness (QED) is 0.145. The van der Waals surface area contributed by atoms with Crippen molar-refractivity contribution in [1.29, 1.82) is 0 Å². The minimum absolute atomic E-state index is 0.0264. The largest absolute Gasteiger partial charge is 0.508 e. The van der Waals surface area contributed by atoms with E-state index in [1.165, 1.54) is 25.1 Å². The molecule has 1 saturated carbocycles. The number of amides is 1. The smallest absolute Gasteiger partial charge is 0.255 e. The topological polar surface area (TPSA) is 207 Å². The summed E-state index contributed by atoms with van der Waals surface area (Å²) in [4.78, 5) is 40.5. The number of phenols is 1. The van der Waals surface area contributed by atoms with Crippen molar-refractivity contribution in [2.75, 3.05) is 14.1 Å². The summed E-state index contributed by atoms with van der Waals surface area (Å²) in [6, 6.07) is 4.89. The van der Waals surface area contributed by atoms with Crippen molar-refractivity contribution in [1.82, 2.24) is 4.90 Å². The molecule has 3 aliphatic rings. The summed E-state index contributed by atoms with van der Waals surface area (Å²) in [5.74, 6) is -6.54. The molecule has 0 saturated heterocycles. The van der Waals surface area contributed by atoms with Crippen molar-refractivity contribution in [3.63, 3.8) is 0 Å². The van der Waals surface area contributed by atoms with Gasteiger partial charge in [-0.15, -0.1) is 0 Å². The number of rotatable bonds is 4. The predicted octanol–water partition coefficient (Wildman–Crippen LogP) is 1.03. The fourth-order valence-electron chi connectivity index (χ4n) is 6.10. The van der Waals surface area contributed by atoms with Crippen LogP contribution in [0.5, 0.6) is 5.75 Å². The third-order valence-electron chi connectivity index (χ3n) is 7.68. The maximum Gasteiger partial charge on any atom is 0.255 e. The van der Waals surface area contributed by atoms with Crippen molar-refractivity contribution in [3.05, 3.63) is 58.1 Å². The molecule has 12 heteroatoms. The Morgan fingerprint density at radius 3 is 2.53 bits per heavy atom. The zero-order valence-corrected chi connectivity index (χ0v) is 20.4. The van der Waals surface area contributed by atoms with Crippen LogP contribution in [-0.2, 0) is 20.8 Å². The van der Waals surface area contributed by atoms with Crippen LogP contribution in [-0.4, -0.2) is 80.0 Å². The van der Waals surface area contributed by atoms with E-state index in [1.807, 2.05) is 0 Å². The zero-order valence-electron chi connectivity index (χ0n) is 20.4. The summed E-state index contributed by atoms with van der Waals surface area (Å²) < 4.78 is 5.69. The normalized spacial score (nSPS) is 27.1. The summed E-state index contributed by atoms with van der Waals surface area (Å²) in [6.45, 7) is 0. The number of aliphatic hydroxyl groups is 3. The van der Waals surface area contributed by atoms with E-state index in [9.17, 15) is 34.8 Å². The number of nitrogens with zero attached hydrogens (tertiary/aromatic N) is 2. The lowest BCUT2D eigenvalue weighted by Gasteiger charge is -2.50. The van der Waals surface area contributed by atoms with Crippen molar-refractivity contribution in [3.8, 4) is 17.1 Å². The number of carbonyl (C=O) groups is 3. The molecule has 1 heterocycles. The zero-order chi connectivity index (χ0) is 27.7. The van der Waals surface area contributed by atoms with Gasteiger partial charge in [0.05, 0.1) is 11.6 Å². The number of likely N-dealkylation sites (N-methyl/N-ethyl adjacent to an activating group) is 1. The third kappa shape index (κ3) is 3.30. The molecule has 1 aromatic heterocycles. The van der Waals surface area contributed by atoms with Gasteiger partial charge in [0.1, 0.15) is 40.6 Å². The summed E-state index contributed by atoms with van der Waals surface area (Å²) in [6.07, 6.45) is 1.18. The summed E-state index contributed by atoms with van der Waals surface area (Å²) in [5, 5.41) is 56.2. The van der Waals surface area contributed by atoms with Gasteiger partial charge in [0.2, 0.25) is 5.78 Å². The van der Waals surface area contributed by atoms with Gasteiger partial charge in [0.25, 0.3) is 5.91 Å². The molecule has 1 amide bonds. The molecule has 2 aromatic rings. The Morgan fingerprint density at radius 1 is 1.18 bits per heavy atom. The van der Waals surface area contributed by atoms with E-state index < -0.39 is 58.0 Å². The van der Waals surface area contributed by atoms with Gasteiger partial charge in [0, 0.05) is 17.1 Å². The molecule has 0 bridgehead atoms. The molecule has 0 aliphatic heterocycles. The molecule has 12 nitrogen and oxygen atoms in total. The fraction of sp³-hybridized carbons (Fsp3) is 0.308. The summed E-state index contributed by atoms with van der Waals surface area (Å²) in [5.41, 5.74) is 2.43. The number of fused-ring (bicyclic) bond motifs is 3. The monoisotopic (exact) mass is 523 g/mol. The number of benzene rings is 1. The molecular weight excluding hydrogens is 498 g/mol. The van der Waals surface area contributed by atoms with E-state index in [1.54, 1.807) is 18.2 Å². The molecule has 1 fully saturated rings. The first-order valence-corrected chi connectivity index (χ1v) is 11.7. The second-order valence-electron chi connectivity index (χ2n) is 9.89. The highest BCUT2D eigenvalue weighted by Gasteiger charge is 2.64. The van der Waals surface area contributed by atoms with Gasteiger partial charge in [-0.2, -0.15) is 0 Å². The first kappa shape index (κ1) is 25.2. The maximum atomic E-state index is 13.8. The van der Waals surface area contributed by atoms with Crippen LogP contribution in [0.4, 0.5) is 0 Å². The Hall–Kier alpha value is -4.42. The fourth-order valence-corrected chi connectivity index (χ4v) is 6.10. The lowest BCUT2D eigenvalue weighted by molar-refractivity contribution is -0.153. The molecule has 198 valence electrons. The van der Waals surface area contributed by atoms with Gasteiger partial charge < -0.3 is 35.8 Å². The van der Waals surface area contributed by atoms with Crippen LogP contribution in [0, 0.1) is 11.8 Å². The van der Waals surface area contributed by atoms with Crippen LogP contribution in [0.15, 0.2) is 50.7 Å². The lowest BCUT2D eigenvalue weighted by atomic mass is 9.57. The van der Waals surface area contributed by atoms with Gasteiger partial charge in [-0.25, -0.2) is 0 Å². The minimum atomic E-state index is -2.70. The SMILES string of the molecule is CN(C)[C@@H]1C(=O)C(C(N)=O)=C(O)[C@@]2(O)C(=O)C3=C(O)c4c(O)ccc(-c5ccc(/C=N/O)o5)c4C[C@H]3C[C@@H]12. The van der Waals surface area contributed by atoms with E-state index in [0.717, 1.165) is 6.21 Å².